The molecule has 0 spiro atoms. The molecule has 0 bridgehead atoms. The van der Waals surface area contributed by atoms with Gasteiger partial charge < -0.3 is 5.11 Å². The Balaban J connectivity index is 2.42. The van der Waals surface area contributed by atoms with Crippen LogP contribution in [-0.2, 0) is 11.2 Å². The van der Waals surface area contributed by atoms with Crippen LogP contribution in [0.3, 0.4) is 0 Å². The molecule has 0 aliphatic heterocycles. The van der Waals surface area contributed by atoms with Gasteiger partial charge in [-0.3, -0.25) is 4.79 Å². The van der Waals surface area contributed by atoms with Crippen LogP contribution in [-0.4, -0.2) is 26.1 Å². The lowest BCUT2D eigenvalue weighted by molar-refractivity contribution is -0.136. The van der Waals surface area contributed by atoms with Gasteiger partial charge in [-0.1, -0.05) is 22.9 Å². The van der Waals surface area contributed by atoms with Crippen molar-refractivity contribution >= 4 is 17.6 Å². The molecule has 0 aliphatic carbocycles. The highest BCUT2D eigenvalue weighted by Gasteiger charge is 2.10. The standard InChI is InChI=1S/C11H10ClN3O2/c1-7-2-3-8(4-10(7)12)15-9(5-11(16)17)6-13-14-15/h2-4,6H,5H2,1H3,(H,16,17). The highest BCUT2D eigenvalue weighted by Crippen LogP contribution is 2.19. The van der Waals surface area contributed by atoms with Gasteiger partial charge in [0, 0.05) is 5.02 Å². The van der Waals surface area contributed by atoms with E-state index in [0.29, 0.717) is 16.4 Å². The predicted octanol–water partition coefficient (Wildman–Crippen LogP) is 1.86. The summed E-state index contributed by atoms with van der Waals surface area (Å²) in [5.41, 5.74) is 2.17. The van der Waals surface area contributed by atoms with Gasteiger partial charge in [0.2, 0.25) is 0 Å². The molecule has 2 aromatic rings. The fourth-order valence-electron chi connectivity index (χ4n) is 1.46. The molecule has 6 heteroatoms. The van der Waals surface area contributed by atoms with Crippen molar-refractivity contribution in [2.45, 2.75) is 13.3 Å². The maximum Gasteiger partial charge on any atom is 0.309 e. The summed E-state index contributed by atoms with van der Waals surface area (Å²) in [5, 5.41) is 16.9. The average Bonchev–Trinajstić information content (AvgIpc) is 2.69. The molecule has 0 atom stereocenters. The van der Waals surface area contributed by atoms with Crippen LogP contribution in [0.1, 0.15) is 11.3 Å². The number of carboxylic acid groups (broad SMARTS) is 1. The van der Waals surface area contributed by atoms with E-state index in [2.05, 4.69) is 10.3 Å². The zero-order valence-electron chi connectivity index (χ0n) is 9.09. The zero-order chi connectivity index (χ0) is 12.4. The lowest BCUT2D eigenvalue weighted by atomic mass is 10.2. The van der Waals surface area contributed by atoms with Crippen LogP contribution < -0.4 is 0 Å². The number of aromatic nitrogens is 3. The van der Waals surface area contributed by atoms with Crippen LogP contribution in [0.5, 0.6) is 0 Å². The summed E-state index contributed by atoms with van der Waals surface area (Å²) >= 11 is 6.01. The molecule has 88 valence electrons. The molecule has 1 N–H and O–H groups in total. The number of hydrogen-bond acceptors (Lipinski definition) is 3. The number of halogens is 1. The topological polar surface area (TPSA) is 68.0 Å². The quantitative estimate of drug-likeness (QED) is 0.904. The van der Waals surface area contributed by atoms with Gasteiger partial charge in [0.05, 0.1) is 24.0 Å². The SMILES string of the molecule is Cc1ccc(-n2nncc2CC(=O)O)cc1Cl. The lowest BCUT2D eigenvalue weighted by Crippen LogP contribution is -2.08. The molecule has 0 saturated carbocycles. The third-order valence-corrected chi connectivity index (χ3v) is 2.76. The van der Waals surface area contributed by atoms with Gasteiger partial charge in [0.15, 0.2) is 0 Å². The molecule has 1 heterocycles. The van der Waals surface area contributed by atoms with Crippen molar-refractivity contribution in [3.05, 3.63) is 40.7 Å². The maximum atomic E-state index is 10.7. The minimum Gasteiger partial charge on any atom is -0.481 e. The van der Waals surface area contributed by atoms with Crippen molar-refractivity contribution in [2.75, 3.05) is 0 Å². The zero-order valence-corrected chi connectivity index (χ0v) is 9.85. The fourth-order valence-corrected chi connectivity index (χ4v) is 1.64. The fraction of sp³-hybridized carbons (Fsp3) is 0.182. The second kappa shape index (κ2) is 4.55. The summed E-state index contributed by atoms with van der Waals surface area (Å²) in [6.07, 6.45) is 1.31. The summed E-state index contributed by atoms with van der Waals surface area (Å²) in [5.74, 6) is -0.924. The molecular weight excluding hydrogens is 242 g/mol. The Labute approximate surface area is 103 Å². The van der Waals surface area contributed by atoms with Crippen LogP contribution in [0.25, 0.3) is 5.69 Å². The highest BCUT2D eigenvalue weighted by molar-refractivity contribution is 6.31. The lowest BCUT2D eigenvalue weighted by Gasteiger charge is -2.06. The number of carboxylic acids is 1. The minimum absolute atomic E-state index is 0.126. The number of aliphatic carboxylic acids is 1. The molecular formula is C11H10ClN3O2. The van der Waals surface area contributed by atoms with Gasteiger partial charge in [-0.15, -0.1) is 5.10 Å². The van der Waals surface area contributed by atoms with Crippen molar-refractivity contribution < 1.29 is 9.90 Å². The molecule has 5 nitrogen and oxygen atoms in total. The molecule has 2 rings (SSSR count). The number of carbonyl (C=O) groups is 1. The molecule has 0 radical (unpaired) electrons. The molecule has 0 fully saturated rings. The normalized spacial score (nSPS) is 10.5. The molecule has 0 saturated heterocycles. The summed E-state index contributed by atoms with van der Waals surface area (Å²) in [6.45, 7) is 1.89. The predicted molar refractivity (Wildman–Crippen MR) is 62.4 cm³/mol. The second-order valence-corrected chi connectivity index (χ2v) is 4.05. The second-order valence-electron chi connectivity index (χ2n) is 3.64. The molecule has 0 unspecified atom stereocenters. The average molecular weight is 252 g/mol. The number of rotatable bonds is 3. The Kier molecular flexibility index (Phi) is 3.10. The van der Waals surface area contributed by atoms with Gasteiger partial charge >= 0.3 is 5.97 Å². The summed E-state index contributed by atoms with van der Waals surface area (Å²) < 4.78 is 1.47. The molecule has 0 aliphatic rings. The largest absolute Gasteiger partial charge is 0.481 e. The van der Waals surface area contributed by atoms with E-state index in [1.165, 1.54) is 10.9 Å². The molecule has 17 heavy (non-hydrogen) atoms. The molecule has 0 amide bonds. The third kappa shape index (κ3) is 2.45. The van der Waals surface area contributed by atoms with Crippen LogP contribution >= 0.6 is 11.6 Å². The van der Waals surface area contributed by atoms with E-state index >= 15 is 0 Å². The minimum atomic E-state index is -0.924. The number of nitrogens with zero attached hydrogens (tertiary/aromatic N) is 3. The van der Waals surface area contributed by atoms with Crippen molar-refractivity contribution in [1.29, 1.82) is 0 Å². The first kappa shape index (κ1) is 11.6. The van der Waals surface area contributed by atoms with E-state index in [-0.39, 0.29) is 6.42 Å². The van der Waals surface area contributed by atoms with Crippen LogP contribution in [0.4, 0.5) is 0 Å². The third-order valence-electron chi connectivity index (χ3n) is 2.35. The molecule has 1 aromatic heterocycles. The Morgan fingerprint density at radius 2 is 2.29 bits per heavy atom. The van der Waals surface area contributed by atoms with Crippen molar-refractivity contribution in [3.63, 3.8) is 0 Å². The Morgan fingerprint density at radius 1 is 1.53 bits per heavy atom. The van der Waals surface area contributed by atoms with E-state index < -0.39 is 5.97 Å². The number of aryl methyl sites for hydroxylation is 1. The van der Waals surface area contributed by atoms with E-state index in [0.717, 1.165) is 5.56 Å². The van der Waals surface area contributed by atoms with E-state index in [1.807, 2.05) is 19.1 Å². The van der Waals surface area contributed by atoms with Crippen LogP contribution in [0, 0.1) is 6.92 Å². The van der Waals surface area contributed by atoms with E-state index in [4.69, 9.17) is 16.7 Å². The Bertz CT molecular complexity index is 566. The monoisotopic (exact) mass is 251 g/mol. The van der Waals surface area contributed by atoms with Crippen LogP contribution in [0.2, 0.25) is 5.02 Å². The van der Waals surface area contributed by atoms with Crippen molar-refractivity contribution in [3.8, 4) is 5.69 Å². The first-order chi connectivity index (χ1) is 8.08. The number of benzene rings is 1. The number of hydrogen-bond donors (Lipinski definition) is 1. The smallest absolute Gasteiger partial charge is 0.309 e. The maximum absolute atomic E-state index is 10.7. The summed E-state index contributed by atoms with van der Waals surface area (Å²) in [7, 11) is 0. The molecule has 1 aromatic carbocycles. The van der Waals surface area contributed by atoms with E-state index in [9.17, 15) is 4.79 Å². The van der Waals surface area contributed by atoms with Crippen molar-refractivity contribution in [1.82, 2.24) is 15.0 Å². The first-order valence-electron chi connectivity index (χ1n) is 4.96. The first-order valence-corrected chi connectivity index (χ1v) is 5.33. The van der Waals surface area contributed by atoms with E-state index in [1.54, 1.807) is 6.07 Å². The van der Waals surface area contributed by atoms with Gasteiger partial charge in [-0.2, -0.15) is 0 Å². The van der Waals surface area contributed by atoms with Gasteiger partial charge in [0.1, 0.15) is 0 Å². The Hall–Kier alpha value is -1.88. The highest BCUT2D eigenvalue weighted by atomic mass is 35.5. The summed E-state index contributed by atoms with van der Waals surface area (Å²) in [6, 6.07) is 5.40. The summed E-state index contributed by atoms with van der Waals surface area (Å²) in [4.78, 5) is 10.7. The van der Waals surface area contributed by atoms with Gasteiger partial charge in [-0.25, -0.2) is 4.68 Å². The Morgan fingerprint density at radius 3 is 2.94 bits per heavy atom. The van der Waals surface area contributed by atoms with Crippen molar-refractivity contribution in [2.24, 2.45) is 0 Å². The van der Waals surface area contributed by atoms with Crippen LogP contribution in [0.15, 0.2) is 24.4 Å². The van der Waals surface area contributed by atoms with Gasteiger partial charge in [-0.05, 0) is 24.6 Å². The van der Waals surface area contributed by atoms with Gasteiger partial charge in [0.25, 0.3) is 0 Å².